The molecule has 0 unspecified atom stereocenters. The molecular formula is C23H33N3O2. The van der Waals surface area contributed by atoms with Crippen molar-refractivity contribution in [3.8, 4) is 0 Å². The van der Waals surface area contributed by atoms with Crippen molar-refractivity contribution in [1.29, 1.82) is 0 Å². The van der Waals surface area contributed by atoms with E-state index < -0.39 is 0 Å². The molecule has 1 aromatic carbocycles. The molecule has 0 radical (unpaired) electrons. The van der Waals surface area contributed by atoms with Crippen molar-refractivity contribution in [1.82, 2.24) is 15.5 Å². The van der Waals surface area contributed by atoms with Gasteiger partial charge >= 0.3 is 6.03 Å². The van der Waals surface area contributed by atoms with Gasteiger partial charge in [-0.3, -0.25) is 15.0 Å². The Labute approximate surface area is 168 Å². The van der Waals surface area contributed by atoms with E-state index >= 15 is 0 Å². The Balaban J connectivity index is 1.30. The minimum absolute atomic E-state index is 0.0733. The molecule has 4 bridgehead atoms. The molecule has 2 N–H and O–H groups in total. The molecule has 1 aromatic rings. The van der Waals surface area contributed by atoms with Crippen molar-refractivity contribution in [2.75, 3.05) is 7.05 Å². The van der Waals surface area contributed by atoms with Crippen LogP contribution < -0.4 is 10.6 Å². The molecule has 4 saturated carbocycles. The Hall–Kier alpha value is -1.88. The van der Waals surface area contributed by atoms with Crippen LogP contribution in [0.25, 0.3) is 0 Å². The summed E-state index contributed by atoms with van der Waals surface area (Å²) in [4.78, 5) is 27.2. The second kappa shape index (κ2) is 7.51. The van der Waals surface area contributed by atoms with Crippen LogP contribution in [0.1, 0.15) is 56.6 Å². The number of benzene rings is 1. The summed E-state index contributed by atoms with van der Waals surface area (Å²) in [5.74, 6) is 2.06. The fourth-order valence-corrected chi connectivity index (χ4v) is 6.07. The van der Waals surface area contributed by atoms with Crippen molar-refractivity contribution < 1.29 is 9.59 Å². The van der Waals surface area contributed by atoms with Gasteiger partial charge in [0.2, 0.25) is 5.91 Å². The summed E-state index contributed by atoms with van der Waals surface area (Å²) in [6, 6.07) is 7.62. The largest absolute Gasteiger partial charge is 0.332 e. The Morgan fingerprint density at radius 3 is 2.14 bits per heavy atom. The second-order valence-corrected chi connectivity index (χ2v) is 9.72. The van der Waals surface area contributed by atoms with Crippen LogP contribution in [0.15, 0.2) is 24.3 Å². The quantitative estimate of drug-likeness (QED) is 0.816. The number of carbonyl (C=O) groups excluding carboxylic acids is 2. The SMILES string of the molecule is Cc1ccc(CN(C)[C@H](C)C(=O)NC(=O)NC23CC4CC(CC(C4)C2)C3)cc1. The van der Waals surface area contributed by atoms with Crippen LogP contribution in [0, 0.1) is 24.7 Å². The third-order valence-corrected chi connectivity index (χ3v) is 7.25. The van der Waals surface area contributed by atoms with Gasteiger partial charge in [0.1, 0.15) is 0 Å². The molecule has 28 heavy (non-hydrogen) atoms. The number of carbonyl (C=O) groups is 2. The van der Waals surface area contributed by atoms with Gasteiger partial charge in [-0.05, 0) is 82.7 Å². The van der Waals surface area contributed by atoms with Gasteiger partial charge in [0, 0.05) is 12.1 Å². The zero-order chi connectivity index (χ0) is 19.9. The molecule has 4 aliphatic rings. The van der Waals surface area contributed by atoms with Gasteiger partial charge in [-0.2, -0.15) is 0 Å². The van der Waals surface area contributed by atoms with Gasteiger partial charge in [-0.15, -0.1) is 0 Å². The maximum Gasteiger partial charge on any atom is 0.321 e. The van der Waals surface area contributed by atoms with E-state index in [4.69, 9.17) is 0 Å². The monoisotopic (exact) mass is 383 g/mol. The van der Waals surface area contributed by atoms with Crippen molar-refractivity contribution in [2.24, 2.45) is 17.8 Å². The smallest absolute Gasteiger partial charge is 0.321 e. The van der Waals surface area contributed by atoms with Crippen molar-refractivity contribution in [3.63, 3.8) is 0 Å². The first-order valence-corrected chi connectivity index (χ1v) is 10.7. The molecule has 3 amide bonds. The fourth-order valence-electron chi connectivity index (χ4n) is 6.07. The highest BCUT2D eigenvalue weighted by molar-refractivity contribution is 5.97. The van der Waals surface area contributed by atoms with E-state index in [-0.39, 0.29) is 23.5 Å². The standard InChI is InChI=1S/C23H33N3O2/c1-15-4-6-17(7-5-15)14-26(3)16(2)21(27)24-22(28)25-23-11-18-8-19(12-23)10-20(9-18)13-23/h4-7,16,18-20H,8-14H2,1-3H3,(H2,24,25,27,28)/t16-,18?,19?,20?,23?/m1/s1. The highest BCUT2D eigenvalue weighted by atomic mass is 16.2. The summed E-state index contributed by atoms with van der Waals surface area (Å²) in [5, 5.41) is 5.82. The summed E-state index contributed by atoms with van der Waals surface area (Å²) in [6.45, 7) is 4.58. The Morgan fingerprint density at radius 2 is 1.61 bits per heavy atom. The lowest BCUT2D eigenvalue weighted by molar-refractivity contribution is -0.124. The first-order valence-electron chi connectivity index (χ1n) is 10.7. The zero-order valence-electron chi connectivity index (χ0n) is 17.3. The normalized spacial score (nSPS) is 31.6. The molecule has 0 aromatic heterocycles. The van der Waals surface area contributed by atoms with E-state index in [1.165, 1.54) is 24.8 Å². The van der Waals surface area contributed by atoms with Crippen molar-refractivity contribution in [3.05, 3.63) is 35.4 Å². The number of hydrogen-bond acceptors (Lipinski definition) is 3. The molecule has 1 atom stereocenters. The lowest BCUT2D eigenvalue weighted by Crippen LogP contribution is -2.62. The Bertz CT molecular complexity index is 707. The second-order valence-electron chi connectivity index (χ2n) is 9.72. The van der Waals surface area contributed by atoms with Gasteiger partial charge in [-0.25, -0.2) is 4.79 Å². The van der Waals surface area contributed by atoms with E-state index in [1.54, 1.807) is 0 Å². The predicted octanol–water partition coefficient (Wildman–Crippen LogP) is 3.61. The van der Waals surface area contributed by atoms with E-state index in [0.717, 1.165) is 42.6 Å². The van der Waals surface area contributed by atoms with Crippen molar-refractivity contribution in [2.45, 2.75) is 70.5 Å². The minimum Gasteiger partial charge on any atom is -0.332 e. The van der Waals surface area contributed by atoms with Crippen LogP contribution in [0.4, 0.5) is 4.79 Å². The molecule has 0 saturated heterocycles. The zero-order valence-corrected chi connectivity index (χ0v) is 17.3. The van der Waals surface area contributed by atoms with Crippen LogP contribution in [-0.4, -0.2) is 35.5 Å². The molecular weight excluding hydrogens is 350 g/mol. The third kappa shape index (κ3) is 4.09. The molecule has 152 valence electrons. The molecule has 0 heterocycles. The number of likely N-dealkylation sites (N-methyl/N-ethyl adjacent to an activating group) is 1. The van der Waals surface area contributed by atoms with Crippen LogP contribution in [0.2, 0.25) is 0 Å². The van der Waals surface area contributed by atoms with Gasteiger partial charge in [0.25, 0.3) is 0 Å². The fraction of sp³-hybridized carbons (Fsp3) is 0.652. The number of hydrogen-bond donors (Lipinski definition) is 2. The maximum atomic E-state index is 12.6. The van der Waals surface area contributed by atoms with E-state index in [0.29, 0.717) is 6.54 Å². The molecule has 5 nitrogen and oxygen atoms in total. The molecule has 5 rings (SSSR count). The van der Waals surface area contributed by atoms with Gasteiger partial charge in [0.15, 0.2) is 0 Å². The Morgan fingerprint density at radius 1 is 1.07 bits per heavy atom. The first-order chi connectivity index (χ1) is 13.3. The van der Waals surface area contributed by atoms with Crippen LogP contribution >= 0.6 is 0 Å². The number of urea groups is 1. The number of nitrogens with one attached hydrogen (secondary N) is 2. The predicted molar refractivity (Wildman–Crippen MR) is 110 cm³/mol. The number of imide groups is 1. The van der Waals surface area contributed by atoms with Gasteiger partial charge in [0.05, 0.1) is 6.04 Å². The summed E-state index contributed by atoms with van der Waals surface area (Å²) >= 11 is 0. The maximum absolute atomic E-state index is 12.6. The number of rotatable bonds is 5. The van der Waals surface area contributed by atoms with Crippen LogP contribution in [0.5, 0.6) is 0 Å². The van der Waals surface area contributed by atoms with E-state index in [2.05, 4.69) is 41.8 Å². The molecule has 4 fully saturated rings. The summed E-state index contributed by atoms with van der Waals surface area (Å²) in [6.07, 6.45) is 7.27. The minimum atomic E-state index is -0.372. The van der Waals surface area contributed by atoms with E-state index in [1.807, 2.05) is 18.9 Å². The lowest BCUT2D eigenvalue weighted by atomic mass is 9.53. The topological polar surface area (TPSA) is 61.4 Å². The molecule has 0 spiro atoms. The van der Waals surface area contributed by atoms with Crippen LogP contribution in [0.3, 0.4) is 0 Å². The summed E-state index contributed by atoms with van der Waals surface area (Å²) < 4.78 is 0. The summed E-state index contributed by atoms with van der Waals surface area (Å²) in [7, 11) is 1.92. The average Bonchev–Trinajstić information content (AvgIpc) is 2.61. The molecule has 0 aliphatic heterocycles. The lowest BCUT2D eigenvalue weighted by Gasteiger charge is -2.56. The number of aryl methyl sites for hydroxylation is 1. The number of amides is 3. The number of nitrogens with zero attached hydrogens (tertiary/aromatic N) is 1. The average molecular weight is 384 g/mol. The van der Waals surface area contributed by atoms with Gasteiger partial charge in [-0.1, -0.05) is 29.8 Å². The highest BCUT2D eigenvalue weighted by Crippen LogP contribution is 2.55. The Kier molecular flexibility index (Phi) is 5.21. The van der Waals surface area contributed by atoms with E-state index in [9.17, 15) is 9.59 Å². The van der Waals surface area contributed by atoms with Crippen LogP contribution in [-0.2, 0) is 11.3 Å². The first kappa shape index (κ1) is 19.4. The molecule has 4 aliphatic carbocycles. The van der Waals surface area contributed by atoms with Crippen molar-refractivity contribution >= 4 is 11.9 Å². The highest BCUT2D eigenvalue weighted by Gasteiger charge is 2.51. The molecule has 5 heteroatoms. The van der Waals surface area contributed by atoms with Gasteiger partial charge < -0.3 is 5.32 Å². The third-order valence-electron chi connectivity index (χ3n) is 7.25. The summed E-state index contributed by atoms with van der Waals surface area (Å²) in [5.41, 5.74) is 2.31.